The molecule has 0 amide bonds. The molecule has 0 aromatic heterocycles. The molecular weight excluding hydrogens is 194 g/mol. The van der Waals surface area contributed by atoms with E-state index in [1.54, 1.807) is 0 Å². The molecule has 1 unspecified atom stereocenters. The van der Waals surface area contributed by atoms with Crippen molar-refractivity contribution in [3.05, 3.63) is 29.8 Å². The molecule has 0 radical (unpaired) electrons. The Morgan fingerprint density at radius 1 is 1.25 bits per heavy atom. The average Bonchev–Trinajstić information content (AvgIpc) is 2.17. The van der Waals surface area contributed by atoms with Gasteiger partial charge in [0.15, 0.2) is 0 Å². The predicted molar refractivity (Wildman–Crippen MR) is 72.6 cm³/mol. The van der Waals surface area contributed by atoms with Gasteiger partial charge in [0.05, 0.1) is 0 Å². The maximum Gasteiger partial charge on any atom is 0.0352 e. The van der Waals surface area contributed by atoms with Crippen LogP contribution >= 0.6 is 0 Å². The zero-order valence-corrected chi connectivity index (χ0v) is 11.1. The fraction of sp³-hybridized carbons (Fsp3) is 0.600. The van der Waals surface area contributed by atoms with Crippen LogP contribution in [0.4, 0.5) is 5.69 Å². The minimum atomic E-state index is 0.230. The Labute approximate surface area is 100 Å². The predicted octanol–water partition coefficient (Wildman–Crippen LogP) is 4.37. The lowest BCUT2D eigenvalue weighted by Gasteiger charge is -2.33. The van der Waals surface area contributed by atoms with Crippen LogP contribution in [-0.4, -0.2) is 0 Å². The van der Waals surface area contributed by atoms with Crippen molar-refractivity contribution < 1.29 is 0 Å². The molecule has 1 aromatic rings. The van der Waals surface area contributed by atoms with E-state index in [-0.39, 0.29) is 5.41 Å². The molecule has 1 aromatic carbocycles. The molecule has 0 spiro atoms. The van der Waals surface area contributed by atoms with Gasteiger partial charge < -0.3 is 5.73 Å². The van der Waals surface area contributed by atoms with Crippen LogP contribution in [0.3, 0.4) is 0 Å². The lowest BCUT2D eigenvalue weighted by Crippen LogP contribution is -2.25. The molecule has 0 aliphatic heterocycles. The Morgan fingerprint density at radius 3 is 2.38 bits per heavy atom. The number of benzene rings is 1. The summed E-state index contributed by atoms with van der Waals surface area (Å²) in [4.78, 5) is 0. The second-order valence-electron chi connectivity index (χ2n) is 5.50. The Hall–Kier alpha value is -0.980. The van der Waals surface area contributed by atoms with Gasteiger partial charge in [0, 0.05) is 5.69 Å². The molecule has 0 aliphatic carbocycles. The molecule has 0 bridgehead atoms. The topological polar surface area (TPSA) is 26.0 Å². The standard InChI is InChI=1S/C15H25N/c1-5-10-15(4,11-12(2)3)13-8-6-7-9-14(13)16/h6-9,12H,5,10-11,16H2,1-4H3. The molecule has 0 saturated heterocycles. The third-order valence-corrected chi connectivity index (χ3v) is 3.27. The van der Waals surface area contributed by atoms with Gasteiger partial charge in [-0.1, -0.05) is 52.3 Å². The van der Waals surface area contributed by atoms with Gasteiger partial charge in [-0.05, 0) is 35.8 Å². The van der Waals surface area contributed by atoms with Gasteiger partial charge in [-0.25, -0.2) is 0 Å². The van der Waals surface area contributed by atoms with Gasteiger partial charge in [0.2, 0.25) is 0 Å². The average molecular weight is 219 g/mol. The van der Waals surface area contributed by atoms with E-state index < -0.39 is 0 Å². The highest BCUT2D eigenvalue weighted by Crippen LogP contribution is 2.38. The summed E-state index contributed by atoms with van der Waals surface area (Å²) in [6.45, 7) is 9.17. The highest BCUT2D eigenvalue weighted by molar-refractivity contribution is 5.50. The number of anilines is 1. The number of nitrogen functional groups attached to an aromatic ring is 1. The maximum absolute atomic E-state index is 6.11. The Morgan fingerprint density at radius 2 is 1.88 bits per heavy atom. The van der Waals surface area contributed by atoms with Gasteiger partial charge in [0.1, 0.15) is 0 Å². The highest BCUT2D eigenvalue weighted by Gasteiger charge is 2.28. The molecule has 16 heavy (non-hydrogen) atoms. The minimum absolute atomic E-state index is 0.230. The van der Waals surface area contributed by atoms with E-state index >= 15 is 0 Å². The summed E-state index contributed by atoms with van der Waals surface area (Å²) in [5.74, 6) is 0.705. The van der Waals surface area contributed by atoms with Crippen LogP contribution < -0.4 is 5.73 Å². The third-order valence-electron chi connectivity index (χ3n) is 3.27. The van der Waals surface area contributed by atoms with Gasteiger partial charge in [-0.2, -0.15) is 0 Å². The molecule has 0 fully saturated rings. The van der Waals surface area contributed by atoms with Crippen molar-refractivity contribution in [1.82, 2.24) is 0 Å². The first-order chi connectivity index (χ1) is 7.49. The molecule has 1 heteroatoms. The first-order valence-electron chi connectivity index (χ1n) is 6.34. The second-order valence-corrected chi connectivity index (χ2v) is 5.50. The van der Waals surface area contributed by atoms with Crippen LogP contribution in [0.2, 0.25) is 0 Å². The van der Waals surface area contributed by atoms with Crippen LogP contribution in [0.5, 0.6) is 0 Å². The van der Waals surface area contributed by atoms with E-state index in [1.807, 2.05) is 12.1 Å². The molecule has 0 heterocycles. The van der Waals surface area contributed by atoms with Crippen molar-refractivity contribution in [3.63, 3.8) is 0 Å². The van der Waals surface area contributed by atoms with E-state index in [9.17, 15) is 0 Å². The number of hydrogen-bond donors (Lipinski definition) is 1. The Bertz CT molecular complexity index is 330. The zero-order valence-electron chi connectivity index (χ0n) is 11.1. The molecular formula is C15H25N. The number of para-hydroxylation sites is 1. The van der Waals surface area contributed by atoms with Crippen LogP contribution in [-0.2, 0) is 5.41 Å². The van der Waals surface area contributed by atoms with Gasteiger partial charge in [-0.15, -0.1) is 0 Å². The molecule has 1 rings (SSSR count). The smallest absolute Gasteiger partial charge is 0.0352 e. The monoisotopic (exact) mass is 219 g/mol. The number of hydrogen-bond acceptors (Lipinski definition) is 1. The second kappa shape index (κ2) is 5.38. The van der Waals surface area contributed by atoms with Crippen molar-refractivity contribution >= 4 is 5.69 Å². The van der Waals surface area contributed by atoms with Gasteiger partial charge in [0.25, 0.3) is 0 Å². The normalized spacial score (nSPS) is 15.1. The van der Waals surface area contributed by atoms with Crippen molar-refractivity contribution in [2.75, 3.05) is 5.73 Å². The molecule has 1 atom stereocenters. The van der Waals surface area contributed by atoms with Crippen LogP contribution in [0, 0.1) is 5.92 Å². The van der Waals surface area contributed by atoms with Crippen molar-refractivity contribution in [2.24, 2.45) is 5.92 Å². The van der Waals surface area contributed by atoms with Crippen molar-refractivity contribution in [3.8, 4) is 0 Å². The highest BCUT2D eigenvalue weighted by atomic mass is 14.6. The van der Waals surface area contributed by atoms with E-state index in [0.717, 1.165) is 5.69 Å². The van der Waals surface area contributed by atoms with Crippen LogP contribution in [0.1, 0.15) is 52.5 Å². The fourth-order valence-electron chi connectivity index (χ4n) is 2.85. The van der Waals surface area contributed by atoms with Gasteiger partial charge in [-0.3, -0.25) is 0 Å². The van der Waals surface area contributed by atoms with E-state index in [0.29, 0.717) is 5.92 Å². The summed E-state index contributed by atoms with van der Waals surface area (Å²) in [6, 6.07) is 8.32. The van der Waals surface area contributed by atoms with E-state index in [2.05, 4.69) is 39.8 Å². The summed E-state index contributed by atoms with van der Waals surface area (Å²) in [5.41, 5.74) is 8.61. The van der Waals surface area contributed by atoms with E-state index in [4.69, 9.17) is 5.73 Å². The molecule has 90 valence electrons. The molecule has 1 nitrogen and oxygen atoms in total. The maximum atomic E-state index is 6.11. The fourth-order valence-corrected chi connectivity index (χ4v) is 2.85. The molecule has 0 aliphatic rings. The first-order valence-corrected chi connectivity index (χ1v) is 6.34. The summed E-state index contributed by atoms with van der Waals surface area (Å²) in [6.07, 6.45) is 3.62. The Kier molecular flexibility index (Phi) is 4.40. The lowest BCUT2D eigenvalue weighted by atomic mass is 9.72. The third kappa shape index (κ3) is 3.01. The van der Waals surface area contributed by atoms with Crippen LogP contribution in [0.15, 0.2) is 24.3 Å². The molecule has 0 saturated carbocycles. The summed E-state index contributed by atoms with van der Waals surface area (Å²) in [7, 11) is 0. The quantitative estimate of drug-likeness (QED) is 0.731. The van der Waals surface area contributed by atoms with Crippen molar-refractivity contribution in [1.29, 1.82) is 0 Å². The minimum Gasteiger partial charge on any atom is -0.398 e. The molecule has 2 N–H and O–H groups in total. The lowest BCUT2D eigenvalue weighted by molar-refractivity contribution is 0.343. The summed E-state index contributed by atoms with van der Waals surface area (Å²) in [5, 5.41) is 0. The van der Waals surface area contributed by atoms with Crippen molar-refractivity contribution in [2.45, 2.75) is 52.4 Å². The summed E-state index contributed by atoms with van der Waals surface area (Å²) >= 11 is 0. The number of nitrogens with two attached hydrogens (primary N) is 1. The van der Waals surface area contributed by atoms with E-state index in [1.165, 1.54) is 24.8 Å². The Balaban J connectivity index is 3.05. The number of rotatable bonds is 5. The van der Waals surface area contributed by atoms with Crippen LogP contribution in [0.25, 0.3) is 0 Å². The zero-order chi connectivity index (χ0) is 12.2. The summed E-state index contributed by atoms with van der Waals surface area (Å²) < 4.78 is 0. The SMILES string of the molecule is CCCC(C)(CC(C)C)c1ccccc1N. The van der Waals surface area contributed by atoms with Gasteiger partial charge >= 0.3 is 0 Å². The first kappa shape index (κ1) is 13.1. The largest absolute Gasteiger partial charge is 0.398 e.